The van der Waals surface area contributed by atoms with Crippen molar-refractivity contribution in [3.05, 3.63) is 36.4 Å². The maximum absolute atomic E-state index is 12.4. The van der Waals surface area contributed by atoms with Crippen molar-refractivity contribution in [2.24, 2.45) is 7.05 Å². The van der Waals surface area contributed by atoms with Crippen molar-refractivity contribution in [1.29, 1.82) is 0 Å². The Balaban J connectivity index is 2.79. The van der Waals surface area contributed by atoms with Crippen LogP contribution in [0.25, 0.3) is 10.9 Å². The minimum absolute atomic E-state index is 0.215. The highest BCUT2D eigenvalue weighted by Gasteiger charge is 2.43. The number of benzene rings is 1. The van der Waals surface area contributed by atoms with E-state index in [1.54, 1.807) is 23.7 Å². The molecule has 18 heavy (non-hydrogen) atoms. The molecule has 0 atom stereocenters. The van der Waals surface area contributed by atoms with E-state index < -0.39 is 11.3 Å². The predicted octanol–water partition coefficient (Wildman–Crippen LogP) is 3.23. The number of aryl methyl sites for hydroxylation is 1. The van der Waals surface area contributed by atoms with E-state index in [0.717, 1.165) is 10.9 Å². The van der Waals surface area contributed by atoms with Crippen molar-refractivity contribution in [1.82, 2.24) is 0 Å². The van der Waals surface area contributed by atoms with Gasteiger partial charge in [-0.2, -0.15) is 4.57 Å². The first-order valence-electron chi connectivity index (χ1n) is 4.94. The van der Waals surface area contributed by atoms with E-state index in [1.807, 2.05) is 24.3 Å². The number of halogens is 3. The van der Waals surface area contributed by atoms with Crippen LogP contribution in [0.5, 0.6) is 0 Å². The molecule has 0 unspecified atom stereocenters. The summed E-state index contributed by atoms with van der Waals surface area (Å²) in [5.74, 6) is 0. The van der Waals surface area contributed by atoms with E-state index in [4.69, 9.17) is 0 Å². The molecular formula is C11H9Br3NO2S+. The van der Waals surface area contributed by atoms with E-state index >= 15 is 0 Å². The molecule has 3 nitrogen and oxygen atoms in total. The Hall–Kier alpha value is 0.0200. The lowest BCUT2D eigenvalue weighted by molar-refractivity contribution is -0.684. The Labute approximate surface area is 131 Å². The van der Waals surface area contributed by atoms with Crippen molar-refractivity contribution in [2.75, 3.05) is 0 Å². The summed E-state index contributed by atoms with van der Waals surface area (Å²) in [6.07, 6.45) is 0. The van der Waals surface area contributed by atoms with Crippen LogP contribution in [0.1, 0.15) is 0 Å². The number of hydrogen-bond donors (Lipinski definition) is 0. The molecule has 96 valence electrons. The number of aromatic nitrogens is 1. The first-order chi connectivity index (χ1) is 8.25. The van der Waals surface area contributed by atoms with Crippen LogP contribution in [0.15, 0.2) is 41.4 Å². The lowest BCUT2D eigenvalue weighted by Crippen LogP contribution is -2.39. The molecule has 2 rings (SSSR count). The third-order valence-corrected chi connectivity index (χ3v) is 8.02. The lowest BCUT2D eigenvalue weighted by Gasteiger charge is -2.12. The molecule has 0 N–H and O–H groups in total. The summed E-state index contributed by atoms with van der Waals surface area (Å²) in [7, 11) is -1.86. The van der Waals surface area contributed by atoms with E-state index in [2.05, 4.69) is 47.8 Å². The topological polar surface area (TPSA) is 38.0 Å². The van der Waals surface area contributed by atoms with Gasteiger partial charge in [0, 0.05) is 17.5 Å². The zero-order valence-electron chi connectivity index (χ0n) is 9.27. The van der Waals surface area contributed by atoms with Crippen molar-refractivity contribution < 1.29 is 13.0 Å². The molecule has 0 aliphatic heterocycles. The van der Waals surface area contributed by atoms with Crippen LogP contribution in [0.2, 0.25) is 0 Å². The molecule has 0 aliphatic carbocycles. The fourth-order valence-corrected chi connectivity index (χ4v) is 4.15. The molecule has 0 bridgehead atoms. The number of rotatable bonds is 1. The summed E-state index contributed by atoms with van der Waals surface area (Å²) in [6.45, 7) is 0. The fraction of sp³-hybridized carbons (Fsp3) is 0.182. The van der Waals surface area contributed by atoms with Crippen LogP contribution in [0.4, 0.5) is 0 Å². The van der Waals surface area contributed by atoms with Crippen LogP contribution in [0.3, 0.4) is 0 Å². The summed E-state index contributed by atoms with van der Waals surface area (Å²) in [5, 5.41) is 1.20. The second-order valence-corrected chi connectivity index (χ2v) is 14.1. The monoisotopic (exact) mass is 456 g/mol. The van der Waals surface area contributed by atoms with E-state index in [1.165, 1.54) is 0 Å². The molecule has 1 aromatic carbocycles. The number of pyridine rings is 1. The van der Waals surface area contributed by atoms with Crippen molar-refractivity contribution in [2.45, 2.75) is 6.50 Å². The standard InChI is InChI=1S/C11H9Br3NO2S/c1-15-9-5-3-2-4-8(9)6-7-10(15)18(16,17)11(12,13)14/h2-7H,1H3/q+1. The Kier molecular flexibility index (Phi) is 3.89. The van der Waals surface area contributed by atoms with Crippen molar-refractivity contribution in [3.63, 3.8) is 0 Å². The summed E-state index contributed by atoms with van der Waals surface area (Å²) in [4.78, 5) is 0. The summed E-state index contributed by atoms with van der Waals surface area (Å²) in [6, 6.07) is 11.0. The third kappa shape index (κ3) is 2.37. The maximum Gasteiger partial charge on any atom is 0.301 e. The zero-order valence-corrected chi connectivity index (χ0v) is 14.8. The molecule has 0 amide bonds. The van der Waals surface area contributed by atoms with E-state index in [0.29, 0.717) is 0 Å². The summed E-state index contributed by atoms with van der Waals surface area (Å²) in [5.41, 5.74) is 0.857. The molecule has 7 heteroatoms. The van der Waals surface area contributed by atoms with Gasteiger partial charge in [0.1, 0.15) is 7.05 Å². The minimum atomic E-state index is -3.59. The van der Waals surface area contributed by atoms with Gasteiger partial charge in [-0.15, -0.1) is 0 Å². The lowest BCUT2D eigenvalue weighted by atomic mass is 10.2. The second-order valence-electron chi connectivity index (χ2n) is 3.74. The molecule has 0 spiro atoms. The third-order valence-electron chi connectivity index (χ3n) is 2.61. The van der Waals surface area contributed by atoms with Crippen molar-refractivity contribution >= 4 is 68.5 Å². The smallest absolute Gasteiger partial charge is 0.214 e. The van der Waals surface area contributed by atoms with Gasteiger partial charge >= 0.3 is 5.03 Å². The number of fused-ring (bicyclic) bond motifs is 1. The van der Waals surface area contributed by atoms with Gasteiger partial charge in [-0.05, 0) is 59.9 Å². The average molecular weight is 459 g/mol. The number of sulfone groups is 1. The highest BCUT2D eigenvalue weighted by molar-refractivity contribution is 9.42. The number of alkyl halides is 3. The van der Waals surface area contributed by atoms with Gasteiger partial charge in [-0.1, -0.05) is 12.1 Å². The van der Waals surface area contributed by atoms with E-state index in [-0.39, 0.29) is 5.03 Å². The fourth-order valence-electron chi connectivity index (χ4n) is 1.71. The van der Waals surface area contributed by atoms with Gasteiger partial charge in [0.15, 0.2) is 0 Å². The molecule has 1 heterocycles. The average Bonchev–Trinajstić information content (AvgIpc) is 2.28. The number of para-hydroxylation sites is 1. The molecule has 0 aliphatic rings. The highest BCUT2D eigenvalue weighted by atomic mass is 80.0. The first-order valence-corrected chi connectivity index (χ1v) is 8.80. The normalized spacial score (nSPS) is 12.9. The Morgan fingerprint density at radius 3 is 2.28 bits per heavy atom. The molecular weight excluding hydrogens is 450 g/mol. The quantitative estimate of drug-likeness (QED) is 0.486. The summed E-state index contributed by atoms with van der Waals surface area (Å²) >= 11 is 9.20. The van der Waals surface area contributed by atoms with Gasteiger partial charge < -0.3 is 0 Å². The van der Waals surface area contributed by atoms with Crippen LogP contribution >= 0.6 is 47.8 Å². The van der Waals surface area contributed by atoms with E-state index in [9.17, 15) is 8.42 Å². The van der Waals surface area contributed by atoms with Crippen LogP contribution < -0.4 is 4.57 Å². The van der Waals surface area contributed by atoms with Gasteiger partial charge in [-0.25, -0.2) is 8.42 Å². The minimum Gasteiger partial charge on any atom is -0.214 e. The van der Waals surface area contributed by atoms with Crippen molar-refractivity contribution in [3.8, 4) is 0 Å². The number of nitrogens with zero attached hydrogens (tertiary/aromatic N) is 1. The zero-order chi connectivity index (χ0) is 13.6. The molecule has 1 aromatic heterocycles. The van der Waals surface area contributed by atoms with Crippen LogP contribution in [0, 0.1) is 0 Å². The Morgan fingerprint density at radius 2 is 1.67 bits per heavy atom. The first kappa shape index (κ1) is 14.4. The van der Waals surface area contributed by atoms with Gasteiger partial charge in [0.2, 0.25) is 6.99 Å². The van der Waals surface area contributed by atoms with Crippen LogP contribution in [-0.2, 0) is 16.9 Å². The largest absolute Gasteiger partial charge is 0.301 e. The molecule has 2 aromatic rings. The molecule has 0 radical (unpaired) electrons. The summed E-state index contributed by atoms with van der Waals surface area (Å²) < 4.78 is 25.0. The Morgan fingerprint density at radius 1 is 1.06 bits per heavy atom. The van der Waals surface area contributed by atoms with Gasteiger partial charge in [0.25, 0.3) is 9.84 Å². The Bertz CT molecular complexity index is 708. The predicted molar refractivity (Wildman–Crippen MR) is 81.8 cm³/mol. The maximum atomic E-state index is 12.4. The molecule has 0 saturated heterocycles. The van der Waals surface area contributed by atoms with Gasteiger partial charge in [-0.3, -0.25) is 0 Å². The van der Waals surface area contributed by atoms with Gasteiger partial charge in [0.05, 0.1) is 0 Å². The SMILES string of the molecule is C[n+]1c(S(=O)(=O)C(Br)(Br)Br)ccc2ccccc21. The molecule has 0 saturated carbocycles. The second kappa shape index (κ2) is 4.85. The van der Waals surface area contributed by atoms with Crippen LogP contribution in [-0.4, -0.2) is 9.89 Å². The number of hydrogen-bond acceptors (Lipinski definition) is 2. The highest BCUT2D eigenvalue weighted by Crippen LogP contribution is 2.42. The molecule has 0 fully saturated rings.